The minimum absolute atomic E-state index is 0.0236. The smallest absolute Gasteiger partial charge is 0.336 e. The van der Waals surface area contributed by atoms with E-state index in [-0.39, 0.29) is 17.6 Å². The fourth-order valence-electron chi connectivity index (χ4n) is 4.22. The highest BCUT2D eigenvalue weighted by molar-refractivity contribution is 5.83. The number of aryl methyl sites for hydroxylation is 2. The van der Waals surface area contributed by atoms with Crippen LogP contribution in [0.1, 0.15) is 42.4 Å². The second-order valence-electron chi connectivity index (χ2n) is 7.59. The molecule has 0 bridgehead atoms. The average Bonchev–Trinajstić information content (AvgIpc) is 2.97. The molecule has 1 heterocycles. The standard InChI is InChI=1S/C20H27NO3/c1-14-8-15(2)19-17(9-14)16(10-18(23)24-19)11-21(3)12-20(13-22)6-4-5-7-20/h8-10,22H,4-7,11-13H2,1-3H3. The molecule has 1 fully saturated rings. The van der Waals surface area contributed by atoms with E-state index in [2.05, 4.69) is 24.9 Å². The van der Waals surface area contributed by atoms with Gasteiger partial charge in [0.1, 0.15) is 5.58 Å². The maximum Gasteiger partial charge on any atom is 0.336 e. The van der Waals surface area contributed by atoms with Crippen molar-refractivity contribution in [1.29, 1.82) is 0 Å². The number of benzene rings is 1. The third-order valence-electron chi connectivity index (χ3n) is 5.30. The maximum atomic E-state index is 12.0. The summed E-state index contributed by atoms with van der Waals surface area (Å²) >= 11 is 0. The molecule has 4 heteroatoms. The van der Waals surface area contributed by atoms with Crippen molar-refractivity contribution in [1.82, 2.24) is 4.90 Å². The van der Waals surface area contributed by atoms with E-state index in [0.717, 1.165) is 35.9 Å². The van der Waals surface area contributed by atoms with Crippen LogP contribution >= 0.6 is 0 Å². The molecule has 130 valence electrons. The zero-order valence-corrected chi connectivity index (χ0v) is 14.9. The molecule has 1 aromatic heterocycles. The molecule has 4 nitrogen and oxygen atoms in total. The first kappa shape index (κ1) is 17.2. The van der Waals surface area contributed by atoms with Gasteiger partial charge >= 0.3 is 5.63 Å². The highest BCUT2D eigenvalue weighted by Crippen LogP contribution is 2.38. The summed E-state index contributed by atoms with van der Waals surface area (Å²) in [6.07, 6.45) is 4.57. The van der Waals surface area contributed by atoms with Crippen molar-refractivity contribution in [3.63, 3.8) is 0 Å². The predicted molar refractivity (Wildman–Crippen MR) is 96.3 cm³/mol. The minimum atomic E-state index is -0.296. The van der Waals surface area contributed by atoms with Crippen LogP contribution in [0.4, 0.5) is 0 Å². The molecule has 1 aliphatic carbocycles. The molecule has 0 spiro atoms. The monoisotopic (exact) mass is 329 g/mol. The Kier molecular flexibility index (Phi) is 4.79. The van der Waals surface area contributed by atoms with E-state index in [1.807, 2.05) is 13.0 Å². The molecule has 0 saturated heterocycles. The van der Waals surface area contributed by atoms with Crippen molar-refractivity contribution in [3.05, 3.63) is 45.3 Å². The Bertz CT molecular complexity index is 787. The number of aliphatic hydroxyl groups excluding tert-OH is 1. The molecule has 3 rings (SSSR count). The Balaban J connectivity index is 1.90. The van der Waals surface area contributed by atoms with E-state index >= 15 is 0 Å². The summed E-state index contributed by atoms with van der Waals surface area (Å²) in [5.41, 5.74) is 3.58. The quantitative estimate of drug-likeness (QED) is 0.854. The normalized spacial score (nSPS) is 17.0. The fraction of sp³-hybridized carbons (Fsp3) is 0.550. The van der Waals surface area contributed by atoms with Crippen molar-refractivity contribution >= 4 is 11.0 Å². The van der Waals surface area contributed by atoms with Gasteiger partial charge in [0, 0.05) is 36.6 Å². The fourth-order valence-corrected chi connectivity index (χ4v) is 4.22. The summed E-state index contributed by atoms with van der Waals surface area (Å²) in [7, 11) is 2.07. The van der Waals surface area contributed by atoms with Gasteiger partial charge in [0.15, 0.2) is 0 Å². The van der Waals surface area contributed by atoms with Crippen LogP contribution in [0.2, 0.25) is 0 Å². The van der Waals surface area contributed by atoms with Crippen molar-refractivity contribution < 1.29 is 9.52 Å². The highest BCUT2D eigenvalue weighted by atomic mass is 16.4. The Morgan fingerprint density at radius 3 is 2.58 bits per heavy atom. The lowest BCUT2D eigenvalue weighted by Crippen LogP contribution is -2.36. The number of fused-ring (bicyclic) bond motifs is 1. The van der Waals surface area contributed by atoms with Crippen molar-refractivity contribution in [2.24, 2.45) is 5.41 Å². The zero-order valence-electron chi connectivity index (χ0n) is 14.9. The molecule has 24 heavy (non-hydrogen) atoms. The topological polar surface area (TPSA) is 53.7 Å². The molecule has 2 aromatic rings. The highest BCUT2D eigenvalue weighted by Gasteiger charge is 2.34. The lowest BCUT2D eigenvalue weighted by molar-refractivity contribution is 0.0865. The lowest BCUT2D eigenvalue weighted by Gasteiger charge is -2.32. The van der Waals surface area contributed by atoms with Crippen LogP contribution in [0.25, 0.3) is 11.0 Å². The van der Waals surface area contributed by atoms with Gasteiger partial charge in [0.05, 0.1) is 0 Å². The van der Waals surface area contributed by atoms with E-state index in [1.165, 1.54) is 18.4 Å². The lowest BCUT2D eigenvalue weighted by atomic mass is 9.86. The third-order valence-corrected chi connectivity index (χ3v) is 5.30. The van der Waals surface area contributed by atoms with Gasteiger partial charge in [-0.05, 0) is 56.5 Å². The first-order valence-electron chi connectivity index (χ1n) is 8.76. The molecule has 0 unspecified atom stereocenters. The largest absolute Gasteiger partial charge is 0.422 e. The second-order valence-corrected chi connectivity index (χ2v) is 7.59. The van der Waals surface area contributed by atoms with Gasteiger partial charge in [-0.3, -0.25) is 0 Å². The van der Waals surface area contributed by atoms with E-state index in [1.54, 1.807) is 6.07 Å². The molecular weight excluding hydrogens is 302 g/mol. The molecule has 0 aliphatic heterocycles. The number of rotatable bonds is 5. The molecule has 0 atom stereocenters. The van der Waals surface area contributed by atoms with Crippen LogP contribution in [0.3, 0.4) is 0 Å². The number of nitrogens with zero attached hydrogens (tertiary/aromatic N) is 1. The van der Waals surface area contributed by atoms with Crippen LogP contribution in [0, 0.1) is 19.3 Å². The molecule has 0 radical (unpaired) electrons. The van der Waals surface area contributed by atoms with E-state index in [9.17, 15) is 9.90 Å². The number of aliphatic hydroxyl groups is 1. The van der Waals surface area contributed by atoms with Gasteiger partial charge in [0.2, 0.25) is 0 Å². The van der Waals surface area contributed by atoms with Gasteiger partial charge in [-0.25, -0.2) is 4.79 Å². The molecule has 0 amide bonds. The summed E-state index contributed by atoms with van der Waals surface area (Å²) in [6, 6.07) is 5.74. The van der Waals surface area contributed by atoms with Crippen LogP contribution in [-0.2, 0) is 6.54 Å². The van der Waals surface area contributed by atoms with E-state index in [4.69, 9.17) is 4.42 Å². The third kappa shape index (κ3) is 3.40. The predicted octanol–water partition coefficient (Wildman–Crippen LogP) is 3.39. The van der Waals surface area contributed by atoms with Crippen molar-refractivity contribution in [3.8, 4) is 0 Å². The SMILES string of the molecule is Cc1cc(C)c2oc(=O)cc(CN(C)CC3(CO)CCCC3)c2c1. The zero-order chi connectivity index (χ0) is 17.3. The van der Waals surface area contributed by atoms with Crippen LogP contribution in [0.15, 0.2) is 27.4 Å². The van der Waals surface area contributed by atoms with E-state index in [0.29, 0.717) is 12.1 Å². The van der Waals surface area contributed by atoms with Gasteiger partial charge in [0.25, 0.3) is 0 Å². The van der Waals surface area contributed by atoms with Crippen LogP contribution in [0.5, 0.6) is 0 Å². The Morgan fingerprint density at radius 1 is 1.21 bits per heavy atom. The average molecular weight is 329 g/mol. The Hall–Kier alpha value is -1.65. The summed E-state index contributed by atoms with van der Waals surface area (Å²) in [5, 5.41) is 10.8. The minimum Gasteiger partial charge on any atom is -0.422 e. The second kappa shape index (κ2) is 6.69. The van der Waals surface area contributed by atoms with Crippen LogP contribution in [-0.4, -0.2) is 30.2 Å². The maximum absolute atomic E-state index is 12.0. The number of hydrogen-bond acceptors (Lipinski definition) is 4. The van der Waals surface area contributed by atoms with Gasteiger partial charge in [-0.2, -0.15) is 0 Å². The molecule has 1 aromatic carbocycles. The molecule has 1 aliphatic rings. The van der Waals surface area contributed by atoms with Crippen LogP contribution < -0.4 is 5.63 Å². The molecule has 1 N–H and O–H groups in total. The summed E-state index contributed by atoms with van der Waals surface area (Å²) < 4.78 is 5.43. The summed E-state index contributed by atoms with van der Waals surface area (Å²) in [6.45, 7) is 5.82. The van der Waals surface area contributed by atoms with Gasteiger partial charge in [-0.15, -0.1) is 0 Å². The van der Waals surface area contributed by atoms with E-state index < -0.39 is 0 Å². The number of hydrogen-bond donors (Lipinski definition) is 1. The first-order valence-corrected chi connectivity index (χ1v) is 8.76. The molecular formula is C20H27NO3. The Morgan fingerprint density at radius 2 is 1.92 bits per heavy atom. The molecule has 1 saturated carbocycles. The van der Waals surface area contributed by atoms with Gasteiger partial charge in [-0.1, -0.05) is 18.9 Å². The Labute approximate surface area is 143 Å². The summed E-state index contributed by atoms with van der Waals surface area (Å²) in [5.74, 6) is 0. The van der Waals surface area contributed by atoms with Crippen molar-refractivity contribution in [2.75, 3.05) is 20.2 Å². The first-order chi connectivity index (χ1) is 11.4. The summed E-state index contributed by atoms with van der Waals surface area (Å²) in [4.78, 5) is 14.2. The van der Waals surface area contributed by atoms with Gasteiger partial charge < -0.3 is 14.4 Å². The van der Waals surface area contributed by atoms with Crippen molar-refractivity contribution in [2.45, 2.75) is 46.1 Å².